The molecule has 0 saturated carbocycles. The minimum atomic E-state index is -0.413. The number of pyridine rings is 1. The number of piperidine rings is 1. The van der Waals surface area contributed by atoms with Crippen LogP contribution < -0.4 is 0 Å². The summed E-state index contributed by atoms with van der Waals surface area (Å²) < 4.78 is 0. The van der Waals surface area contributed by atoms with Crippen LogP contribution in [-0.4, -0.2) is 70.9 Å². The van der Waals surface area contributed by atoms with Gasteiger partial charge in [0.2, 0.25) is 5.91 Å². The molecule has 122 valence electrons. The minimum absolute atomic E-state index is 0.136. The number of amides is 1. The zero-order chi connectivity index (χ0) is 16.3. The molecule has 2 aliphatic heterocycles. The van der Waals surface area contributed by atoms with Gasteiger partial charge in [0.15, 0.2) is 0 Å². The van der Waals surface area contributed by atoms with Gasteiger partial charge in [0.05, 0.1) is 6.07 Å². The number of aromatic nitrogens is 1. The lowest BCUT2D eigenvalue weighted by molar-refractivity contribution is -0.153. The molecule has 2 aliphatic rings. The molecule has 1 aromatic heterocycles. The SMILES string of the molecule is CN1CCN(CC#N)C(=O)C12CCN(Cc1ccncc1)CC2. The fourth-order valence-corrected chi connectivity index (χ4v) is 3.70. The molecule has 3 rings (SSSR count). The number of hydrogen-bond acceptors (Lipinski definition) is 5. The van der Waals surface area contributed by atoms with Crippen molar-refractivity contribution in [1.82, 2.24) is 19.7 Å². The monoisotopic (exact) mass is 313 g/mol. The molecule has 3 heterocycles. The summed E-state index contributed by atoms with van der Waals surface area (Å²) in [5.74, 6) is 0.136. The third-order valence-corrected chi connectivity index (χ3v) is 5.22. The van der Waals surface area contributed by atoms with E-state index in [1.807, 2.05) is 31.6 Å². The van der Waals surface area contributed by atoms with Crippen molar-refractivity contribution in [3.8, 4) is 6.07 Å². The van der Waals surface area contributed by atoms with Crippen LogP contribution in [0.15, 0.2) is 24.5 Å². The molecule has 0 unspecified atom stereocenters. The summed E-state index contributed by atoms with van der Waals surface area (Å²) in [7, 11) is 2.04. The molecule has 2 saturated heterocycles. The Morgan fingerprint density at radius 1 is 1.22 bits per heavy atom. The van der Waals surface area contributed by atoms with Crippen LogP contribution in [0.1, 0.15) is 18.4 Å². The maximum atomic E-state index is 12.9. The van der Waals surface area contributed by atoms with Crippen LogP contribution in [0.25, 0.3) is 0 Å². The Bertz CT molecular complexity index is 589. The highest BCUT2D eigenvalue weighted by Crippen LogP contribution is 2.33. The number of likely N-dealkylation sites (tertiary alicyclic amines) is 1. The molecular weight excluding hydrogens is 290 g/mol. The predicted molar refractivity (Wildman–Crippen MR) is 86.3 cm³/mol. The van der Waals surface area contributed by atoms with Gasteiger partial charge in [-0.15, -0.1) is 0 Å². The first-order chi connectivity index (χ1) is 11.2. The summed E-state index contributed by atoms with van der Waals surface area (Å²) >= 11 is 0. The molecule has 0 bridgehead atoms. The van der Waals surface area contributed by atoms with Crippen molar-refractivity contribution in [3.63, 3.8) is 0 Å². The van der Waals surface area contributed by atoms with Crippen molar-refractivity contribution < 1.29 is 4.79 Å². The largest absolute Gasteiger partial charge is 0.326 e. The van der Waals surface area contributed by atoms with Crippen molar-refractivity contribution >= 4 is 5.91 Å². The number of carbonyl (C=O) groups is 1. The molecule has 1 spiro atoms. The summed E-state index contributed by atoms with van der Waals surface area (Å²) in [5.41, 5.74) is 0.842. The van der Waals surface area contributed by atoms with Gasteiger partial charge >= 0.3 is 0 Å². The number of likely N-dealkylation sites (N-methyl/N-ethyl adjacent to an activating group) is 1. The second-order valence-electron chi connectivity index (χ2n) is 6.47. The van der Waals surface area contributed by atoms with Crippen LogP contribution in [0.3, 0.4) is 0 Å². The smallest absolute Gasteiger partial charge is 0.244 e. The van der Waals surface area contributed by atoms with Crippen molar-refractivity contribution in [3.05, 3.63) is 30.1 Å². The lowest BCUT2D eigenvalue weighted by atomic mass is 9.82. The van der Waals surface area contributed by atoms with Gasteiger partial charge in [0, 0.05) is 45.1 Å². The van der Waals surface area contributed by atoms with Gasteiger partial charge in [0.25, 0.3) is 0 Å². The molecule has 0 atom stereocenters. The Labute approximate surface area is 137 Å². The topological polar surface area (TPSA) is 63.5 Å². The summed E-state index contributed by atoms with van der Waals surface area (Å²) in [4.78, 5) is 23.2. The van der Waals surface area contributed by atoms with Gasteiger partial charge in [-0.2, -0.15) is 5.26 Å². The second kappa shape index (κ2) is 6.65. The van der Waals surface area contributed by atoms with E-state index >= 15 is 0 Å². The Hall–Kier alpha value is -1.97. The van der Waals surface area contributed by atoms with E-state index in [0.717, 1.165) is 39.0 Å². The molecule has 0 N–H and O–H groups in total. The highest BCUT2D eigenvalue weighted by molar-refractivity contribution is 5.87. The fourth-order valence-electron chi connectivity index (χ4n) is 3.70. The quantitative estimate of drug-likeness (QED) is 0.769. The average molecular weight is 313 g/mol. The average Bonchev–Trinajstić information content (AvgIpc) is 2.58. The first-order valence-electron chi connectivity index (χ1n) is 8.14. The lowest BCUT2D eigenvalue weighted by Crippen LogP contribution is -2.67. The van der Waals surface area contributed by atoms with Crippen molar-refractivity contribution in [2.45, 2.75) is 24.9 Å². The Kier molecular flexibility index (Phi) is 4.60. The molecule has 0 aliphatic carbocycles. The van der Waals surface area contributed by atoms with Crippen LogP contribution in [0.4, 0.5) is 0 Å². The Balaban J connectivity index is 1.66. The number of piperazine rings is 1. The van der Waals surface area contributed by atoms with Crippen LogP contribution in [0.5, 0.6) is 0 Å². The summed E-state index contributed by atoms with van der Waals surface area (Å²) in [5, 5.41) is 8.92. The standard InChI is InChI=1S/C17H23N5O/c1-20-12-13-22(11-6-18)16(23)17(20)4-9-21(10-5-17)14-15-2-7-19-8-3-15/h2-3,7-8H,4-5,9-14H2,1H3. The van der Waals surface area contributed by atoms with E-state index in [9.17, 15) is 4.79 Å². The van der Waals surface area contributed by atoms with Gasteiger partial charge in [0.1, 0.15) is 12.1 Å². The highest BCUT2D eigenvalue weighted by Gasteiger charge is 2.49. The second-order valence-corrected chi connectivity index (χ2v) is 6.47. The molecule has 23 heavy (non-hydrogen) atoms. The van der Waals surface area contributed by atoms with Crippen molar-refractivity contribution in [2.24, 2.45) is 0 Å². The molecule has 2 fully saturated rings. The number of rotatable bonds is 3. The van der Waals surface area contributed by atoms with E-state index < -0.39 is 5.54 Å². The van der Waals surface area contributed by atoms with E-state index in [1.165, 1.54) is 5.56 Å². The minimum Gasteiger partial charge on any atom is -0.326 e. The molecule has 6 nitrogen and oxygen atoms in total. The normalized spacial score (nSPS) is 22.3. The number of hydrogen-bond donors (Lipinski definition) is 0. The first kappa shape index (κ1) is 15.9. The number of carbonyl (C=O) groups excluding carboxylic acids is 1. The number of nitriles is 1. The van der Waals surface area contributed by atoms with Crippen molar-refractivity contribution in [2.75, 3.05) is 39.8 Å². The van der Waals surface area contributed by atoms with E-state index in [-0.39, 0.29) is 12.5 Å². The molecule has 0 radical (unpaired) electrons. The molecule has 6 heteroatoms. The summed E-state index contributed by atoms with van der Waals surface area (Å²) in [6, 6.07) is 6.19. The summed E-state index contributed by atoms with van der Waals surface area (Å²) in [6.45, 7) is 4.41. The zero-order valence-corrected chi connectivity index (χ0v) is 13.6. The molecule has 1 amide bonds. The van der Waals surface area contributed by atoms with Gasteiger partial charge in [-0.05, 0) is 37.6 Å². The third-order valence-electron chi connectivity index (χ3n) is 5.22. The summed E-state index contributed by atoms with van der Waals surface area (Å²) in [6.07, 6.45) is 5.29. The van der Waals surface area contributed by atoms with Gasteiger partial charge in [-0.1, -0.05) is 0 Å². The van der Waals surface area contributed by atoms with Crippen LogP contribution in [-0.2, 0) is 11.3 Å². The van der Waals surface area contributed by atoms with Crippen LogP contribution >= 0.6 is 0 Å². The van der Waals surface area contributed by atoms with Gasteiger partial charge in [-0.25, -0.2) is 0 Å². The molecule has 1 aromatic rings. The molecular formula is C17H23N5O. The Morgan fingerprint density at radius 3 is 2.57 bits per heavy atom. The predicted octanol–water partition coefficient (Wildman–Crippen LogP) is 0.714. The fraction of sp³-hybridized carbons (Fsp3) is 0.588. The Morgan fingerprint density at radius 2 is 1.91 bits per heavy atom. The number of nitrogens with zero attached hydrogens (tertiary/aromatic N) is 5. The van der Waals surface area contributed by atoms with E-state index in [1.54, 1.807) is 4.90 Å². The van der Waals surface area contributed by atoms with E-state index in [4.69, 9.17) is 5.26 Å². The lowest BCUT2D eigenvalue weighted by Gasteiger charge is -2.51. The van der Waals surface area contributed by atoms with Crippen LogP contribution in [0.2, 0.25) is 0 Å². The highest BCUT2D eigenvalue weighted by atomic mass is 16.2. The van der Waals surface area contributed by atoms with E-state index in [0.29, 0.717) is 6.54 Å². The van der Waals surface area contributed by atoms with Gasteiger partial charge in [-0.3, -0.25) is 19.6 Å². The maximum absolute atomic E-state index is 12.9. The first-order valence-corrected chi connectivity index (χ1v) is 8.14. The van der Waals surface area contributed by atoms with Crippen LogP contribution in [0, 0.1) is 11.3 Å². The third kappa shape index (κ3) is 3.07. The van der Waals surface area contributed by atoms with Crippen molar-refractivity contribution in [1.29, 1.82) is 5.26 Å². The van der Waals surface area contributed by atoms with E-state index in [2.05, 4.69) is 20.9 Å². The van der Waals surface area contributed by atoms with Gasteiger partial charge < -0.3 is 4.90 Å². The zero-order valence-electron chi connectivity index (χ0n) is 13.6. The maximum Gasteiger partial charge on any atom is 0.244 e. The molecule has 0 aromatic carbocycles.